The molecule has 8 heteroatoms. The van der Waals surface area contributed by atoms with Crippen LogP contribution in [0.4, 0.5) is 13.2 Å². The van der Waals surface area contributed by atoms with Crippen LogP contribution >= 0.6 is 27.5 Å². The largest absolute Gasteiger partial charge is 0.478 e. The SMILES string of the molecule is O=C(O)c1c(CBr)c(-c2cccc(C(F)(F)F)c2)nc2ccc(Cl)cc12. The molecule has 0 aliphatic carbocycles. The molecule has 0 fully saturated rings. The van der Waals surface area contributed by atoms with E-state index < -0.39 is 17.7 Å². The van der Waals surface area contributed by atoms with Crippen LogP contribution in [-0.4, -0.2) is 16.1 Å². The summed E-state index contributed by atoms with van der Waals surface area (Å²) in [4.78, 5) is 16.2. The van der Waals surface area contributed by atoms with Crippen molar-refractivity contribution in [3.8, 4) is 11.3 Å². The highest BCUT2D eigenvalue weighted by Gasteiger charge is 2.31. The Hall–Kier alpha value is -2.12. The molecule has 26 heavy (non-hydrogen) atoms. The molecule has 3 nitrogen and oxygen atoms in total. The Bertz CT molecular complexity index is 1020. The number of carboxylic acids is 1. The summed E-state index contributed by atoms with van der Waals surface area (Å²) >= 11 is 9.19. The number of carbonyl (C=O) groups is 1. The second-order valence-electron chi connectivity index (χ2n) is 5.49. The minimum Gasteiger partial charge on any atom is -0.478 e. The van der Waals surface area contributed by atoms with Gasteiger partial charge >= 0.3 is 12.1 Å². The van der Waals surface area contributed by atoms with Gasteiger partial charge < -0.3 is 5.11 Å². The predicted molar refractivity (Wildman–Crippen MR) is 96.8 cm³/mol. The topological polar surface area (TPSA) is 50.2 Å². The Morgan fingerprint density at radius 2 is 1.92 bits per heavy atom. The fourth-order valence-corrected chi connectivity index (χ4v) is 3.45. The van der Waals surface area contributed by atoms with Gasteiger partial charge in [-0.15, -0.1) is 0 Å². The molecular formula is C18H10BrClF3NO2. The summed E-state index contributed by atoms with van der Waals surface area (Å²) in [6.45, 7) is 0. The van der Waals surface area contributed by atoms with Gasteiger partial charge in [-0.3, -0.25) is 0 Å². The van der Waals surface area contributed by atoms with Gasteiger partial charge in [0.05, 0.1) is 22.3 Å². The van der Waals surface area contributed by atoms with Gasteiger partial charge in [-0.05, 0) is 30.3 Å². The number of alkyl halides is 4. The Labute approximate surface area is 159 Å². The number of nitrogens with zero attached hydrogens (tertiary/aromatic N) is 1. The lowest BCUT2D eigenvalue weighted by Crippen LogP contribution is -2.08. The quantitative estimate of drug-likeness (QED) is 0.492. The molecule has 1 heterocycles. The Kier molecular flexibility index (Phi) is 4.94. The predicted octanol–water partition coefficient (Wildman–Crippen LogP) is 6.17. The zero-order valence-electron chi connectivity index (χ0n) is 12.9. The number of pyridine rings is 1. The van der Waals surface area contributed by atoms with Gasteiger partial charge in [-0.2, -0.15) is 13.2 Å². The number of fused-ring (bicyclic) bond motifs is 1. The molecule has 3 rings (SSSR count). The Morgan fingerprint density at radius 3 is 2.54 bits per heavy atom. The van der Waals surface area contributed by atoms with E-state index in [9.17, 15) is 23.1 Å². The van der Waals surface area contributed by atoms with Crippen LogP contribution in [0.15, 0.2) is 42.5 Å². The number of benzene rings is 2. The van der Waals surface area contributed by atoms with Crippen molar-refractivity contribution in [2.45, 2.75) is 11.5 Å². The van der Waals surface area contributed by atoms with Crippen LogP contribution < -0.4 is 0 Å². The first-order valence-electron chi connectivity index (χ1n) is 7.31. The highest BCUT2D eigenvalue weighted by molar-refractivity contribution is 9.08. The van der Waals surface area contributed by atoms with Crippen molar-refractivity contribution in [3.05, 3.63) is 64.2 Å². The summed E-state index contributed by atoms with van der Waals surface area (Å²) in [6.07, 6.45) is -4.51. The van der Waals surface area contributed by atoms with Crippen LogP contribution in [-0.2, 0) is 11.5 Å². The minimum absolute atomic E-state index is 0.0400. The van der Waals surface area contributed by atoms with Crippen LogP contribution in [0.5, 0.6) is 0 Å². The van der Waals surface area contributed by atoms with Crippen molar-refractivity contribution in [3.63, 3.8) is 0 Å². The van der Waals surface area contributed by atoms with Crippen LogP contribution in [0.25, 0.3) is 22.2 Å². The zero-order valence-corrected chi connectivity index (χ0v) is 15.3. The third kappa shape index (κ3) is 3.41. The molecule has 0 bridgehead atoms. The molecule has 0 atom stereocenters. The smallest absolute Gasteiger partial charge is 0.416 e. The van der Waals surface area contributed by atoms with Gasteiger partial charge in [0, 0.05) is 26.9 Å². The lowest BCUT2D eigenvalue weighted by atomic mass is 9.97. The van der Waals surface area contributed by atoms with Gasteiger partial charge in [-0.1, -0.05) is 39.7 Å². The van der Waals surface area contributed by atoms with Crippen LogP contribution in [0.1, 0.15) is 21.5 Å². The first kappa shape index (κ1) is 18.7. The molecule has 3 aromatic rings. The second-order valence-corrected chi connectivity index (χ2v) is 6.49. The molecular weight excluding hydrogens is 435 g/mol. The standard InChI is InChI=1S/C18H10BrClF3NO2/c19-8-13-15(17(25)26)12-7-11(20)4-5-14(12)24-16(13)9-2-1-3-10(6-9)18(21,22)23/h1-7H,8H2,(H,25,26). The molecule has 1 aromatic heterocycles. The van der Waals surface area contributed by atoms with Crippen molar-refractivity contribution < 1.29 is 23.1 Å². The van der Waals surface area contributed by atoms with Gasteiger partial charge in [0.2, 0.25) is 0 Å². The molecule has 0 radical (unpaired) electrons. The fourth-order valence-electron chi connectivity index (χ4n) is 2.73. The normalized spacial score (nSPS) is 11.7. The van der Waals surface area contributed by atoms with Gasteiger partial charge in [-0.25, -0.2) is 9.78 Å². The van der Waals surface area contributed by atoms with E-state index in [4.69, 9.17) is 11.6 Å². The van der Waals surface area contributed by atoms with Crippen LogP contribution in [0.2, 0.25) is 5.02 Å². The summed E-state index contributed by atoms with van der Waals surface area (Å²) < 4.78 is 39.1. The highest BCUT2D eigenvalue weighted by Crippen LogP contribution is 2.36. The summed E-state index contributed by atoms with van der Waals surface area (Å²) in [5, 5.41) is 10.4. The third-order valence-corrected chi connectivity index (χ3v) is 4.65. The molecule has 0 amide bonds. The van der Waals surface area contributed by atoms with Crippen molar-refractivity contribution in [1.82, 2.24) is 4.98 Å². The Balaban J connectivity index is 2.37. The van der Waals surface area contributed by atoms with Gasteiger partial charge in [0.1, 0.15) is 0 Å². The van der Waals surface area contributed by atoms with E-state index in [-0.39, 0.29) is 27.7 Å². The maximum absolute atomic E-state index is 13.0. The fraction of sp³-hybridized carbons (Fsp3) is 0.111. The number of aromatic carboxylic acids is 1. The van der Waals surface area contributed by atoms with Crippen LogP contribution in [0, 0.1) is 0 Å². The summed E-state index contributed by atoms with van der Waals surface area (Å²) in [6, 6.07) is 9.22. The molecule has 0 unspecified atom stereocenters. The highest BCUT2D eigenvalue weighted by atomic mass is 79.9. The van der Waals surface area contributed by atoms with E-state index >= 15 is 0 Å². The van der Waals surface area contributed by atoms with E-state index in [0.29, 0.717) is 15.9 Å². The third-order valence-electron chi connectivity index (χ3n) is 3.86. The maximum Gasteiger partial charge on any atom is 0.416 e. The zero-order chi connectivity index (χ0) is 19.1. The van der Waals surface area contributed by atoms with Gasteiger partial charge in [0.25, 0.3) is 0 Å². The minimum atomic E-state index is -4.51. The van der Waals surface area contributed by atoms with E-state index in [0.717, 1.165) is 12.1 Å². The number of hydrogen-bond donors (Lipinski definition) is 1. The van der Waals surface area contributed by atoms with Crippen molar-refractivity contribution in [2.75, 3.05) is 0 Å². The van der Waals surface area contributed by atoms with E-state index in [2.05, 4.69) is 20.9 Å². The van der Waals surface area contributed by atoms with Crippen molar-refractivity contribution >= 4 is 44.4 Å². The molecule has 0 saturated carbocycles. The van der Waals surface area contributed by atoms with Crippen LogP contribution in [0.3, 0.4) is 0 Å². The number of rotatable bonds is 3. The monoisotopic (exact) mass is 443 g/mol. The number of carboxylic acid groups (broad SMARTS) is 1. The molecule has 2 aromatic carbocycles. The lowest BCUT2D eigenvalue weighted by molar-refractivity contribution is -0.137. The first-order chi connectivity index (χ1) is 12.2. The summed E-state index contributed by atoms with van der Waals surface area (Å²) in [5.74, 6) is -1.21. The lowest BCUT2D eigenvalue weighted by Gasteiger charge is -2.15. The van der Waals surface area contributed by atoms with E-state index in [1.807, 2.05) is 0 Å². The molecule has 0 aliphatic heterocycles. The van der Waals surface area contributed by atoms with Gasteiger partial charge in [0.15, 0.2) is 0 Å². The van der Waals surface area contributed by atoms with E-state index in [1.54, 1.807) is 12.1 Å². The molecule has 134 valence electrons. The second kappa shape index (κ2) is 6.89. The average molecular weight is 445 g/mol. The molecule has 1 N–H and O–H groups in total. The maximum atomic E-state index is 13.0. The summed E-state index contributed by atoms with van der Waals surface area (Å²) in [5.41, 5.74) is 0.122. The Morgan fingerprint density at radius 1 is 1.19 bits per heavy atom. The molecule has 0 aliphatic rings. The number of hydrogen-bond acceptors (Lipinski definition) is 2. The molecule has 0 spiro atoms. The average Bonchev–Trinajstić information content (AvgIpc) is 2.59. The van der Waals surface area contributed by atoms with E-state index in [1.165, 1.54) is 18.2 Å². The molecule has 0 saturated heterocycles. The first-order valence-corrected chi connectivity index (χ1v) is 8.81. The van der Waals surface area contributed by atoms with Crippen molar-refractivity contribution in [1.29, 1.82) is 0 Å². The number of halogens is 5. The summed E-state index contributed by atoms with van der Waals surface area (Å²) in [7, 11) is 0. The van der Waals surface area contributed by atoms with Crippen molar-refractivity contribution in [2.24, 2.45) is 0 Å². The number of aromatic nitrogens is 1.